The molecule has 11 bridgehead atoms. The van der Waals surface area contributed by atoms with E-state index in [1.165, 1.54) is 19.2 Å². The van der Waals surface area contributed by atoms with E-state index in [0.29, 0.717) is 0 Å². The van der Waals surface area contributed by atoms with Gasteiger partial charge < -0.3 is 113 Å². The maximum Gasteiger partial charge on any atom is 0.330 e. The van der Waals surface area contributed by atoms with E-state index in [-0.39, 0.29) is 45.6 Å². The van der Waals surface area contributed by atoms with Gasteiger partial charge in [0, 0.05) is 22.8 Å². The van der Waals surface area contributed by atoms with Crippen LogP contribution in [0.5, 0.6) is 46.0 Å². The number of likely N-dealkylation sites (N-methyl/N-ethyl adjacent to an activating group) is 1. The Bertz CT molecular complexity index is 3730. The number of fused-ring (bicyclic) bond motifs is 15. The zero-order valence-electron chi connectivity index (χ0n) is 48.0. The fourth-order valence-electron chi connectivity index (χ4n) is 10.7. The van der Waals surface area contributed by atoms with Crippen LogP contribution in [-0.4, -0.2) is 167 Å². The number of phenols is 3. The van der Waals surface area contributed by atoms with E-state index in [4.69, 9.17) is 47.9 Å². The molecule has 30 nitrogen and oxygen atoms in total. The van der Waals surface area contributed by atoms with Crippen molar-refractivity contribution in [3.63, 3.8) is 0 Å². The fourth-order valence-corrected chi connectivity index (χ4v) is 11.2. The average Bonchev–Trinajstić information content (AvgIpc) is 0.790. The van der Waals surface area contributed by atoms with Crippen LogP contribution in [0.4, 0.5) is 0 Å². The Morgan fingerprint density at radius 1 is 0.659 bits per heavy atom. The molecule has 6 aliphatic heterocycles. The van der Waals surface area contributed by atoms with Crippen LogP contribution in [0.15, 0.2) is 78.9 Å². The number of phenolic OH excluding ortho intramolecular Hbond substituents is 3. The number of carbonyl (C=O) groups is 8. The number of carbonyl (C=O) groups excluding carboxylic acids is 7. The molecule has 5 aromatic carbocycles. The number of carboxylic acids is 1. The monoisotopic (exact) mass is 1300 g/mol. The molecule has 0 spiro atoms. The lowest BCUT2D eigenvalue weighted by Gasteiger charge is -2.39. The molecule has 0 aliphatic carbocycles. The third kappa shape index (κ3) is 14.0. The van der Waals surface area contributed by atoms with Gasteiger partial charge in [-0.1, -0.05) is 55.2 Å². The van der Waals surface area contributed by atoms with Gasteiger partial charge in [-0.15, -0.1) is 0 Å². The van der Waals surface area contributed by atoms with Crippen molar-refractivity contribution >= 4 is 70.5 Å². The number of ether oxygens (including phenoxy) is 4. The number of aliphatic carboxylic acids is 1. The van der Waals surface area contributed by atoms with Crippen molar-refractivity contribution in [1.82, 2.24) is 37.2 Å². The third-order valence-corrected chi connectivity index (χ3v) is 16.0. The molecule has 0 radical (unpaired) electrons. The van der Waals surface area contributed by atoms with Crippen LogP contribution in [-0.2, 0) is 43.1 Å². The van der Waals surface area contributed by atoms with Gasteiger partial charge in [0.2, 0.25) is 53.4 Å². The highest BCUT2D eigenvalue weighted by Crippen LogP contribution is 2.49. The van der Waals surface area contributed by atoms with Gasteiger partial charge in [-0.25, -0.2) is 4.79 Å². The Balaban J connectivity index is 1.32. The number of rotatable bonds is 11. The standard InChI is InChI=1S/C59H62Cl2N8O22/c1-20(2)10-30(63-3)52(80)68-44-46(75)22-5-8-34(28(60)12-22)88-36-14-24-15-37(51(36)91-59-50(79)49(78)48(77)38(19-70)90-59)89-35-9-6-23(13-29(35)61)47(76)45-57(85)67-43(58(86)87)27-16-25(71)17-33(73)40(27)26-11-21(4-7-32(26)72)41(54(82)69-45)66-55(83)42(24)65-53(81)31(18-39(62)74)64-56(44)84/h4-9,11-17,20,30-31,38,41-50,59,63,70-73,75-79H,10,18-19H2,1-3H3,(H2,62,74)(H,64,84)(H,65,81)(H,66,83)(H,67,85)(H,68,80)(H,69,82)(H,86,87)/t30-,31+,38-,41?,42-,43-,44-,45+,46-,47-,48-,49+,50-,59+/m1/s1. The van der Waals surface area contributed by atoms with E-state index in [2.05, 4.69) is 37.2 Å². The van der Waals surface area contributed by atoms with Crippen molar-refractivity contribution in [1.29, 1.82) is 0 Å². The predicted molar refractivity (Wildman–Crippen MR) is 313 cm³/mol. The number of nitrogens with two attached hydrogens (primary N) is 1. The van der Waals surface area contributed by atoms with Gasteiger partial charge >= 0.3 is 5.97 Å². The van der Waals surface area contributed by atoms with Gasteiger partial charge in [-0.2, -0.15) is 0 Å². The van der Waals surface area contributed by atoms with Gasteiger partial charge in [0.15, 0.2) is 17.5 Å². The zero-order valence-corrected chi connectivity index (χ0v) is 49.5. The average molecular weight is 1310 g/mol. The second kappa shape index (κ2) is 27.2. The molecule has 14 atom stereocenters. The van der Waals surface area contributed by atoms with Gasteiger partial charge in [-0.05, 0) is 96.2 Å². The molecule has 5 aromatic rings. The second-order valence-corrected chi connectivity index (χ2v) is 23.0. The molecule has 11 rings (SSSR count). The number of primary amides is 1. The van der Waals surface area contributed by atoms with Crippen LogP contribution in [0, 0.1) is 5.92 Å². The molecule has 6 aliphatic rings. The summed E-state index contributed by atoms with van der Waals surface area (Å²) in [6, 6.07) is -0.613. The number of hydrogen-bond donors (Lipinski definition) is 18. The normalized spacial score (nSPS) is 26.2. The SMILES string of the molecule is CN[C@H](CC(C)C)C(=O)N[C@H]1C(=O)N[C@@H](CC(N)=O)C(=O)N[C@H]2C(=O)NC3C(=O)N[C@H](C(=O)N[C@@H](C(=O)O)c4cc(O)cc(O)c4-c4cc3ccc4O)[C@H](O)c3ccc(c(Cl)c3)Oc3cc2cc(c3O[C@@H]2O[C@H](CO)[C@@H](O)[C@H](O)[C@H]2O)Oc2ccc(cc2Cl)[C@H]1O. The van der Waals surface area contributed by atoms with Crippen LogP contribution >= 0.6 is 23.2 Å². The van der Waals surface area contributed by atoms with E-state index in [0.717, 1.165) is 66.7 Å². The van der Waals surface area contributed by atoms with E-state index in [1.807, 2.05) is 13.8 Å². The van der Waals surface area contributed by atoms with E-state index in [1.54, 1.807) is 0 Å². The molecule has 484 valence electrons. The zero-order chi connectivity index (χ0) is 66.2. The number of hydrogen-bond acceptors (Lipinski definition) is 22. The number of benzene rings is 5. The first-order valence-electron chi connectivity index (χ1n) is 27.9. The lowest BCUT2D eigenvalue weighted by atomic mass is 9.89. The minimum Gasteiger partial charge on any atom is -0.508 e. The molecule has 1 unspecified atom stereocenters. The molecule has 91 heavy (non-hydrogen) atoms. The first kappa shape index (κ1) is 66.3. The summed E-state index contributed by atoms with van der Waals surface area (Å²) in [5.74, 6) is -15.8. The highest BCUT2D eigenvalue weighted by molar-refractivity contribution is 6.32. The van der Waals surface area contributed by atoms with Crippen LogP contribution in [0.2, 0.25) is 10.0 Å². The van der Waals surface area contributed by atoms with Crippen molar-refractivity contribution in [2.75, 3.05) is 13.7 Å². The Morgan fingerprint density at radius 3 is 1.84 bits per heavy atom. The van der Waals surface area contributed by atoms with Crippen molar-refractivity contribution in [3.8, 4) is 57.1 Å². The number of aromatic hydroxyl groups is 3. The highest BCUT2D eigenvalue weighted by atomic mass is 35.5. The lowest BCUT2D eigenvalue weighted by molar-refractivity contribution is -0.277. The van der Waals surface area contributed by atoms with Crippen LogP contribution < -0.4 is 57.2 Å². The maximum atomic E-state index is 15.8. The number of halogens is 2. The Kier molecular flexibility index (Phi) is 19.8. The van der Waals surface area contributed by atoms with Crippen LogP contribution in [0.3, 0.4) is 0 Å². The smallest absolute Gasteiger partial charge is 0.330 e. The van der Waals surface area contributed by atoms with Gasteiger partial charge in [0.05, 0.1) is 29.1 Å². The van der Waals surface area contributed by atoms with Crippen LogP contribution in [0.1, 0.15) is 84.8 Å². The summed E-state index contributed by atoms with van der Waals surface area (Å²) < 4.78 is 24.8. The van der Waals surface area contributed by atoms with Crippen molar-refractivity contribution in [3.05, 3.63) is 117 Å². The number of amides is 7. The number of aliphatic hydroxyl groups is 6. The van der Waals surface area contributed by atoms with Crippen molar-refractivity contribution in [2.24, 2.45) is 11.7 Å². The summed E-state index contributed by atoms with van der Waals surface area (Å²) in [6.45, 7) is 2.69. The molecule has 32 heteroatoms. The Labute approximate surface area is 525 Å². The summed E-state index contributed by atoms with van der Waals surface area (Å²) in [4.78, 5) is 115. The lowest BCUT2D eigenvalue weighted by Crippen LogP contribution is -2.60. The third-order valence-electron chi connectivity index (χ3n) is 15.4. The Hall–Kier alpha value is -9.08. The highest BCUT2D eigenvalue weighted by Gasteiger charge is 2.47. The number of aliphatic hydroxyl groups excluding tert-OH is 6. The summed E-state index contributed by atoms with van der Waals surface area (Å²) in [6.07, 6.45) is -14.9. The molecule has 0 aromatic heterocycles. The number of nitrogens with one attached hydrogen (secondary N) is 7. The molecule has 6 heterocycles. The minimum atomic E-state index is -2.31. The first-order chi connectivity index (χ1) is 43.1. The van der Waals surface area contributed by atoms with Crippen LogP contribution in [0.25, 0.3) is 11.1 Å². The second-order valence-electron chi connectivity index (χ2n) is 22.2. The quantitative estimate of drug-likeness (QED) is 0.0819. The first-order valence-corrected chi connectivity index (χ1v) is 28.7. The van der Waals surface area contributed by atoms with Crippen molar-refractivity contribution < 1.29 is 108 Å². The largest absolute Gasteiger partial charge is 0.508 e. The molecule has 0 saturated carbocycles. The van der Waals surface area contributed by atoms with Gasteiger partial charge in [-0.3, -0.25) is 33.6 Å². The maximum absolute atomic E-state index is 15.8. The summed E-state index contributed by atoms with van der Waals surface area (Å²) in [7, 11) is 1.47. The molecule has 1 saturated heterocycles. The predicted octanol–water partition coefficient (Wildman–Crippen LogP) is -0.131. The molecular formula is C59H62Cl2N8O22. The topological polar surface area (TPSA) is 486 Å². The van der Waals surface area contributed by atoms with Gasteiger partial charge in [0.1, 0.15) is 95.6 Å². The Morgan fingerprint density at radius 2 is 1.25 bits per heavy atom. The van der Waals surface area contributed by atoms with Gasteiger partial charge in [0.25, 0.3) is 0 Å². The summed E-state index contributed by atoms with van der Waals surface area (Å²) >= 11 is 13.8. The molecule has 7 amide bonds. The molecule has 1 fully saturated rings. The number of carboxylic acid groups (broad SMARTS) is 1. The van der Waals surface area contributed by atoms with E-state index in [9.17, 15) is 75.0 Å². The van der Waals surface area contributed by atoms with E-state index >= 15 is 14.4 Å². The fraction of sp³-hybridized carbons (Fsp3) is 0.356. The minimum absolute atomic E-state index is 0.0825. The summed E-state index contributed by atoms with van der Waals surface area (Å²) in [5, 5.41) is 128. The summed E-state index contributed by atoms with van der Waals surface area (Å²) in [5.41, 5.74) is 2.90. The van der Waals surface area contributed by atoms with E-state index < -0.39 is 207 Å². The molecular weight excluding hydrogens is 1240 g/mol. The van der Waals surface area contributed by atoms with Crippen molar-refractivity contribution in [2.45, 2.75) is 112 Å². The molecule has 19 N–H and O–H groups in total.